The van der Waals surface area contributed by atoms with Crippen LogP contribution >= 0.6 is 0 Å². The van der Waals surface area contributed by atoms with Crippen molar-refractivity contribution >= 4 is 5.57 Å². The smallest absolute Gasteiger partial charge is 0.0199 e. The molecule has 1 aromatic rings. The lowest BCUT2D eigenvalue weighted by Crippen LogP contribution is -1.86. The normalized spacial score (nSPS) is 10.6. The average Bonchev–Trinajstić information content (AvgIpc) is 2.39. The fourth-order valence-corrected chi connectivity index (χ4v) is 1.66. The molecule has 18 heavy (non-hydrogen) atoms. The standard InChI is InChI=1S/C12H16.C6H12/c1-5-10(3)12-8-9(2)6-7-11(12)4;1-3-5-6-4-2/h5-8H,1-4H3;3H,1,4-6H2,2H3/b10-5-;. The minimum absolute atomic E-state index is 1.18. The Morgan fingerprint density at radius 1 is 1.28 bits per heavy atom. The highest BCUT2D eigenvalue weighted by Gasteiger charge is 1.98. The molecule has 0 saturated heterocycles. The predicted octanol–water partition coefficient (Wildman–Crippen LogP) is 6.09. The summed E-state index contributed by atoms with van der Waals surface area (Å²) in [6, 6.07) is 6.57. The summed E-state index contributed by atoms with van der Waals surface area (Å²) < 4.78 is 0. The third-order valence-electron chi connectivity index (χ3n) is 3.01. The first-order valence-corrected chi connectivity index (χ1v) is 6.88. The molecule has 0 aromatic heterocycles. The van der Waals surface area contributed by atoms with Crippen molar-refractivity contribution in [3.63, 3.8) is 0 Å². The van der Waals surface area contributed by atoms with Crippen LogP contribution in [-0.4, -0.2) is 0 Å². The average molecular weight is 244 g/mol. The second kappa shape index (κ2) is 9.70. The second-order valence-corrected chi connectivity index (χ2v) is 4.72. The van der Waals surface area contributed by atoms with E-state index in [0.717, 1.165) is 0 Å². The molecule has 0 fully saturated rings. The molecule has 1 aromatic carbocycles. The molecule has 0 aliphatic rings. The summed E-state index contributed by atoms with van der Waals surface area (Å²) in [5, 5.41) is 0. The lowest BCUT2D eigenvalue weighted by molar-refractivity contribution is 0.816. The fraction of sp³-hybridized carbons (Fsp3) is 0.444. The molecule has 0 spiro atoms. The van der Waals surface area contributed by atoms with Gasteiger partial charge in [-0.2, -0.15) is 0 Å². The van der Waals surface area contributed by atoms with Gasteiger partial charge in [0, 0.05) is 0 Å². The Balaban J connectivity index is 0.000000411. The monoisotopic (exact) mass is 244 g/mol. The van der Waals surface area contributed by atoms with Gasteiger partial charge >= 0.3 is 0 Å². The van der Waals surface area contributed by atoms with Crippen LogP contribution in [-0.2, 0) is 0 Å². The molecular weight excluding hydrogens is 216 g/mol. The van der Waals surface area contributed by atoms with E-state index in [1.165, 1.54) is 41.5 Å². The van der Waals surface area contributed by atoms with Crippen LogP contribution in [0.3, 0.4) is 0 Å². The quantitative estimate of drug-likeness (QED) is 0.444. The van der Waals surface area contributed by atoms with Gasteiger partial charge in [0.1, 0.15) is 0 Å². The maximum Gasteiger partial charge on any atom is -0.0199 e. The Morgan fingerprint density at radius 3 is 2.39 bits per heavy atom. The number of hydrogen-bond acceptors (Lipinski definition) is 0. The number of benzene rings is 1. The van der Waals surface area contributed by atoms with Crippen LogP contribution in [0.4, 0.5) is 0 Å². The van der Waals surface area contributed by atoms with Crippen molar-refractivity contribution in [1.82, 2.24) is 0 Å². The van der Waals surface area contributed by atoms with Crippen molar-refractivity contribution in [3.8, 4) is 0 Å². The lowest BCUT2D eigenvalue weighted by Gasteiger charge is -2.06. The summed E-state index contributed by atoms with van der Waals surface area (Å²) in [4.78, 5) is 0. The highest BCUT2D eigenvalue weighted by molar-refractivity contribution is 5.66. The van der Waals surface area contributed by atoms with Gasteiger partial charge in [0.05, 0.1) is 0 Å². The van der Waals surface area contributed by atoms with Crippen molar-refractivity contribution < 1.29 is 0 Å². The first-order valence-electron chi connectivity index (χ1n) is 6.88. The van der Waals surface area contributed by atoms with Crippen LogP contribution in [0.1, 0.15) is 56.7 Å². The molecule has 100 valence electrons. The van der Waals surface area contributed by atoms with Gasteiger partial charge in [-0.1, -0.05) is 55.7 Å². The molecular formula is C18H28. The third-order valence-corrected chi connectivity index (χ3v) is 3.01. The second-order valence-electron chi connectivity index (χ2n) is 4.72. The summed E-state index contributed by atoms with van der Waals surface area (Å²) in [6.45, 7) is 14.3. The van der Waals surface area contributed by atoms with Gasteiger partial charge < -0.3 is 0 Å². The number of rotatable bonds is 4. The van der Waals surface area contributed by atoms with E-state index < -0.39 is 0 Å². The molecule has 0 bridgehead atoms. The van der Waals surface area contributed by atoms with Gasteiger partial charge in [-0.15, -0.1) is 6.58 Å². The van der Waals surface area contributed by atoms with Crippen LogP contribution in [0, 0.1) is 13.8 Å². The van der Waals surface area contributed by atoms with Crippen molar-refractivity contribution in [2.75, 3.05) is 0 Å². The van der Waals surface area contributed by atoms with E-state index in [-0.39, 0.29) is 0 Å². The van der Waals surface area contributed by atoms with Gasteiger partial charge in [-0.25, -0.2) is 0 Å². The zero-order chi connectivity index (χ0) is 14.0. The molecule has 0 unspecified atom stereocenters. The van der Waals surface area contributed by atoms with Crippen LogP contribution in [0.5, 0.6) is 0 Å². The molecule has 0 saturated carbocycles. The third kappa shape index (κ3) is 6.44. The van der Waals surface area contributed by atoms with Crippen molar-refractivity contribution in [3.05, 3.63) is 53.6 Å². The van der Waals surface area contributed by atoms with Gasteiger partial charge in [0.15, 0.2) is 0 Å². The molecule has 0 N–H and O–H groups in total. The van der Waals surface area contributed by atoms with E-state index in [2.05, 4.69) is 65.5 Å². The number of aryl methyl sites for hydroxylation is 2. The fourth-order valence-electron chi connectivity index (χ4n) is 1.66. The molecule has 0 amide bonds. The SMILES string of the molecule is C/C=C(/C)c1cc(C)ccc1C.C=CCCCC. The summed E-state index contributed by atoms with van der Waals surface area (Å²) >= 11 is 0. The maximum atomic E-state index is 3.60. The lowest BCUT2D eigenvalue weighted by atomic mass is 9.99. The van der Waals surface area contributed by atoms with Crippen LogP contribution < -0.4 is 0 Å². The van der Waals surface area contributed by atoms with Crippen LogP contribution in [0.25, 0.3) is 5.57 Å². The zero-order valence-corrected chi connectivity index (χ0v) is 12.7. The Labute approximate surface area is 113 Å². The van der Waals surface area contributed by atoms with Gasteiger partial charge in [-0.05, 0) is 50.8 Å². The first kappa shape index (κ1) is 16.7. The highest BCUT2D eigenvalue weighted by Crippen LogP contribution is 2.19. The van der Waals surface area contributed by atoms with Crippen molar-refractivity contribution in [2.24, 2.45) is 0 Å². The van der Waals surface area contributed by atoms with E-state index in [4.69, 9.17) is 0 Å². The molecule has 0 aliphatic carbocycles. The predicted molar refractivity (Wildman–Crippen MR) is 85.0 cm³/mol. The summed E-state index contributed by atoms with van der Waals surface area (Å²) in [5.74, 6) is 0. The number of hydrogen-bond donors (Lipinski definition) is 0. The molecule has 0 atom stereocenters. The first-order chi connectivity index (χ1) is 8.56. The molecule has 0 heteroatoms. The summed E-state index contributed by atoms with van der Waals surface area (Å²) in [5.41, 5.74) is 5.42. The van der Waals surface area contributed by atoms with E-state index in [1.807, 2.05) is 6.08 Å². The largest absolute Gasteiger partial charge is 0.103 e. The summed E-state index contributed by atoms with van der Waals surface area (Å²) in [6.07, 6.45) is 7.87. The summed E-state index contributed by atoms with van der Waals surface area (Å²) in [7, 11) is 0. The van der Waals surface area contributed by atoms with Crippen LogP contribution in [0.2, 0.25) is 0 Å². The number of allylic oxidation sites excluding steroid dienone is 3. The van der Waals surface area contributed by atoms with E-state index in [1.54, 1.807) is 0 Å². The molecule has 0 nitrogen and oxygen atoms in total. The van der Waals surface area contributed by atoms with Gasteiger partial charge in [0.25, 0.3) is 0 Å². The Morgan fingerprint density at radius 2 is 1.94 bits per heavy atom. The number of unbranched alkanes of at least 4 members (excludes halogenated alkanes) is 2. The van der Waals surface area contributed by atoms with Gasteiger partial charge in [0.2, 0.25) is 0 Å². The Bertz CT molecular complexity index is 383. The molecule has 0 radical (unpaired) electrons. The van der Waals surface area contributed by atoms with Crippen molar-refractivity contribution in [1.29, 1.82) is 0 Å². The van der Waals surface area contributed by atoms with Crippen molar-refractivity contribution in [2.45, 2.75) is 53.9 Å². The Hall–Kier alpha value is -1.30. The molecule has 0 heterocycles. The topological polar surface area (TPSA) is 0 Å². The molecule has 0 aliphatic heterocycles. The van der Waals surface area contributed by atoms with Crippen LogP contribution in [0.15, 0.2) is 36.9 Å². The minimum atomic E-state index is 1.18. The zero-order valence-electron chi connectivity index (χ0n) is 12.7. The minimum Gasteiger partial charge on any atom is -0.103 e. The highest BCUT2D eigenvalue weighted by atomic mass is 14.0. The van der Waals surface area contributed by atoms with E-state index >= 15 is 0 Å². The van der Waals surface area contributed by atoms with E-state index in [0.29, 0.717) is 0 Å². The molecule has 1 rings (SSSR count). The van der Waals surface area contributed by atoms with E-state index in [9.17, 15) is 0 Å². The maximum absolute atomic E-state index is 3.60. The van der Waals surface area contributed by atoms with Gasteiger partial charge in [-0.3, -0.25) is 0 Å². The Kier molecular flexibility index (Phi) is 9.00.